The molecule has 2 unspecified atom stereocenters. The first-order valence-electron chi connectivity index (χ1n) is 8.04. The summed E-state index contributed by atoms with van der Waals surface area (Å²) in [6.07, 6.45) is 3.95. The van der Waals surface area contributed by atoms with Gasteiger partial charge < -0.3 is 15.2 Å². The molecule has 0 heterocycles. The number of carbonyl (C=O) groups is 1. The molecule has 20 heavy (non-hydrogen) atoms. The molecule has 4 heteroatoms. The molecule has 0 bridgehead atoms. The highest BCUT2D eigenvalue weighted by atomic mass is 16.5. The Morgan fingerprint density at radius 3 is 2.45 bits per heavy atom. The zero-order valence-corrected chi connectivity index (χ0v) is 13.4. The number of ether oxygens (including phenoxy) is 1. The lowest BCUT2D eigenvalue weighted by molar-refractivity contribution is -0.151. The van der Waals surface area contributed by atoms with Crippen LogP contribution in [0.5, 0.6) is 0 Å². The molecule has 4 nitrogen and oxygen atoms in total. The van der Waals surface area contributed by atoms with Gasteiger partial charge in [0.1, 0.15) is 0 Å². The number of esters is 1. The molecule has 0 aromatic rings. The molecule has 0 radical (unpaired) electrons. The van der Waals surface area contributed by atoms with Crippen molar-refractivity contribution in [1.82, 2.24) is 5.32 Å². The van der Waals surface area contributed by atoms with Gasteiger partial charge in [-0.05, 0) is 45.4 Å². The summed E-state index contributed by atoms with van der Waals surface area (Å²) >= 11 is 0. The van der Waals surface area contributed by atoms with Crippen LogP contribution >= 0.6 is 0 Å². The molecule has 0 saturated heterocycles. The Morgan fingerprint density at radius 2 is 1.95 bits per heavy atom. The third-order valence-corrected chi connectivity index (χ3v) is 4.79. The molecule has 2 N–H and O–H groups in total. The van der Waals surface area contributed by atoms with Gasteiger partial charge in [-0.25, -0.2) is 0 Å². The molecule has 0 amide bonds. The van der Waals surface area contributed by atoms with E-state index >= 15 is 0 Å². The largest absolute Gasteiger partial charge is 0.466 e. The summed E-state index contributed by atoms with van der Waals surface area (Å²) in [6, 6.07) is 0.409. The van der Waals surface area contributed by atoms with Gasteiger partial charge in [0.05, 0.1) is 18.1 Å². The maximum absolute atomic E-state index is 11.7. The molecule has 1 saturated carbocycles. The van der Waals surface area contributed by atoms with Crippen molar-refractivity contribution >= 4 is 5.97 Å². The summed E-state index contributed by atoms with van der Waals surface area (Å²) in [5.74, 6) is 0.479. The summed E-state index contributed by atoms with van der Waals surface area (Å²) in [5.41, 5.74) is -0.662. The molecular weight excluding hydrogens is 254 g/mol. The SMILES string of the molecule is CCOC(=O)C1CCC(O)(CNC(C)C(C)CC)CC1. The first-order chi connectivity index (χ1) is 9.41. The maximum Gasteiger partial charge on any atom is 0.308 e. The summed E-state index contributed by atoms with van der Waals surface area (Å²) in [6.45, 7) is 9.46. The molecule has 0 aromatic carbocycles. The van der Waals surface area contributed by atoms with E-state index in [1.807, 2.05) is 6.92 Å². The second kappa shape index (κ2) is 7.99. The van der Waals surface area contributed by atoms with Crippen LogP contribution < -0.4 is 5.32 Å². The second-order valence-electron chi connectivity index (χ2n) is 6.31. The minimum absolute atomic E-state index is 0.0257. The lowest BCUT2D eigenvalue weighted by atomic mass is 9.78. The minimum atomic E-state index is -0.662. The van der Waals surface area contributed by atoms with Gasteiger partial charge in [0.15, 0.2) is 0 Å². The lowest BCUT2D eigenvalue weighted by Crippen LogP contribution is -2.48. The number of nitrogens with one attached hydrogen (secondary N) is 1. The normalized spacial score (nSPS) is 29.8. The van der Waals surface area contributed by atoms with Crippen LogP contribution in [0.3, 0.4) is 0 Å². The standard InChI is InChI=1S/C16H31NO3/c1-5-12(3)13(4)17-11-16(19)9-7-14(8-10-16)15(18)20-6-2/h12-14,17,19H,5-11H2,1-4H3. The fourth-order valence-electron chi connectivity index (χ4n) is 2.73. The Kier molecular flexibility index (Phi) is 6.96. The van der Waals surface area contributed by atoms with Crippen molar-refractivity contribution in [3.8, 4) is 0 Å². The molecule has 0 aliphatic heterocycles. The van der Waals surface area contributed by atoms with E-state index in [0.717, 1.165) is 19.3 Å². The Hall–Kier alpha value is -0.610. The number of aliphatic hydroxyl groups is 1. The van der Waals surface area contributed by atoms with Crippen LogP contribution in [0, 0.1) is 11.8 Å². The van der Waals surface area contributed by atoms with Gasteiger partial charge >= 0.3 is 5.97 Å². The van der Waals surface area contributed by atoms with Crippen LogP contribution in [0.4, 0.5) is 0 Å². The number of hydrogen-bond acceptors (Lipinski definition) is 4. The molecule has 1 fully saturated rings. The smallest absolute Gasteiger partial charge is 0.308 e. The maximum atomic E-state index is 11.7. The van der Waals surface area contributed by atoms with Crippen LogP contribution in [-0.2, 0) is 9.53 Å². The van der Waals surface area contributed by atoms with Crippen LogP contribution in [-0.4, -0.2) is 35.9 Å². The van der Waals surface area contributed by atoms with Crippen LogP contribution in [0.1, 0.15) is 59.8 Å². The molecular formula is C16H31NO3. The molecule has 1 aliphatic rings. The third kappa shape index (κ3) is 5.06. The Balaban J connectivity index is 2.36. The van der Waals surface area contributed by atoms with E-state index in [2.05, 4.69) is 26.1 Å². The fraction of sp³-hybridized carbons (Fsp3) is 0.938. The number of rotatable bonds is 7. The average molecular weight is 285 g/mol. The Labute approximate surface area is 123 Å². The van der Waals surface area contributed by atoms with Crippen LogP contribution in [0.25, 0.3) is 0 Å². The zero-order chi connectivity index (χ0) is 15.2. The van der Waals surface area contributed by atoms with Crippen LogP contribution in [0.15, 0.2) is 0 Å². The molecule has 1 aliphatic carbocycles. The van der Waals surface area contributed by atoms with E-state index in [0.29, 0.717) is 38.0 Å². The topological polar surface area (TPSA) is 58.6 Å². The Morgan fingerprint density at radius 1 is 1.35 bits per heavy atom. The van der Waals surface area contributed by atoms with Crippen molar-refractivity contribution < 1.29 is 14.6 Å². The van der Waals surface area contributed by atoms with Crippen molar-refractivity contribution in [2.24, 2.45) is 11.8 Å². The Bertz CT molecular complexity index is 298. The number of hydrogen-bond donors (Lipinski definition) is 2. The molecule has 2 atom stereocenters. The van der Waals surface area contributed by atoms with Crippen molar-refractivity contribution in [2.75, 3.05) is 13.2 Å². The van der Waals surface area contributed by atoms with Gasteiger partial charge in [-0.1, -0.05) is 20.3 Å². The first kappa shape index (κ1) is 17.4. The van der Waals surface area contributed by atoms with E-state index in [-0.39, 0.29) is 11.9 Å². The van der Waals surface area contributed by atoms with Gasteiger partial charge in [-0.15, -0.1) is 0 Å². The number of carbonyl (C=O) groups excluding carboxylic acids is 1. The summed E-state index contributed by atoms with van der Waals surface area (Å²) in [7, 11) is 0. The summed E-state index contributed by atoms with van der Waals surface area (Å²) < 4.78 is 5.06. The van der Waals surface area contributed by atoms with Gasteiger partial charge in [-0.2, -0.15) is 0 Å². The highest BCUT2D eigenvalue weighted by Gasteiger charge is 2.36. The van der Waals surface area contributed by atoms with Crippen LogP contribution in [0.2, 0.25) is 0 Å². The van der Waals surface area contributed by atoms with E-state index in [1.165, 1.54) is 0 Å². The van der Waals surface area contributed by atoms with E-state index in [1.54, 1.807) is 0 Å². The summed E-state index contributed by atoms with van der Waals surface area (Å²) in [5, 5.41) is 14.0. The van der Waals surface area contributed by atoms with E-state index in [4.69, 9.17) is 4.74 Å². The predicted octanol–water partition coefficient (Wildman–Crippen LogP) is 2.50. The highest BCUT2D eigenvalue weighted by Crippen LogP contribution is 2.32. The average Bonchev–Trinajstić information content (AvgIpc) is 2.45. The van der Waals surface area contributed by atoms with Crippen molar-refractivity contribution in [2.45, 2.75) is 71.4 Å². The van der Waals surface area contributed by atoms with Gasteiger partial charge in [0.2, 0.25) is 0 Å². The summed E-state index contributed by atoms with van der Waals surface area (Å²) in [4.78, 5) is 11.7. The highest BCUT2D eigenvalue weighted by molar-refractivity contribution is 5.72. The van der Waals surface area contributed by atoms with Crippen molar-refractivity contribution in [3.05, 3.63) is 0 Å². The van der Waals surface area contributed by atoms with Gasteiger partial charge in [-0.3, -0.25) is 4.79 Å². The molecule has 118 valence electrons. The van der Waals surface area contributed by atoms with Gasteiger partial charge in [0.25, 0.3) is 0 Å². The molecule has 1 rings (SSSR count). The fourth-order valence-corrected chi connectivity index (χ4v) is 2.73. The molecule has 0 spiro atoms. The van der Waals surface area contributed by atoms with Crippen molar-refractivity contribution in [3.63, 3.8) is 0 Å². The quantitative estimate of drug-likeness (QED) is 0.706. The monoisotopic (exact) mass is 285 g/mol. The van der Waals surface area contributed by atoms with Gasteiger partial charge in [0, 0.05) is 12.6 Å². The minimum Gasteiger partial charge on any atom is -0.466 e. The molecule has 0 aromatic heterocycles. The lowest BCUT2D eigenvalue weighted by Gasteiger charge is -2.36. The zero-order valence-electron chi connectivity index (χ0n) is 13.4. The van der Waals surface area contributed by atoms with E-state index < -0.39 is 5.60 Å². The van der Waals surface area contributed by atoms with E-state index in [9.17, 15) is 9.90 Å². The van der Waals surface area contributed by atoms with Crippen molar-refractivity contribution in [1.29, 1.82) is 0 Å². The second-order valence-corrected chi connectivity index (χ2v) is 6.31. The predicted molar refractivity (Wildman–Crippen MR) is 80.5 cm³/mol. The third-order valence-electron chi connectivity index (χ3n) is 4.79. The first-order valence-corrected chi connectivity index (χ1v) is 8.04.